The highest BCUT2D eigenvalue weighted by Gasteiger charge is 2.54. The molecule has 4 aliphatic rings. The number of ether oxygens (including phenoxy) is 4. The van der Waals surface area contributed by atoms with Gasteiger partial charge in [-0.3, -0.25) is 4.98 Å². The number of aromatic nitrogens is 1. The quantitative estimate of drug-likeness (QED) is 0.219. The van der Waals surface area contributed by atoms with Crippen LogP contribution in [0.3, 0.4) is 0 Å². The molecule has 9 heteroatoms. The van der Waals surface area contributed by atoms with Crippen LogP contribution in [0.25, 0.3) is 0 Å². The number of halogens is 1. The molecule has 1 spiro atoms. The fraction of sp³-hybridized carbons (Fsp3) is 0.550. The van der Waals surface area contributed by atoms with Crippen LogP contribution in [0.5, 0.6) is 17.2 Å². The van der Waals surface area contributed by atoms with Crippen molar-refractivity contribution in [1.82, 2.24) is 4.98 Å². The van der Waals surface area contributed by atoms with Crippen LogP contribution < -0.4 is 19.5 Å². The number of carboxylic acids is 1. The number of nitrogens with one attached hydrogen (secondary N) is 1. The summed E-state index contributed by atoms with van der Waals surface area (Å²) in [7, 11) is 1.70. The molecule has 2 heterocycles. The highest BCUT2D eigenvalue weighted by molar-refractivity contribution is 6.30. The van der Waals surface area contributed by atoms with Crippen molar-refractivity contribution in [3.05, 3.63) is 76.1 Å². The van der Waals surface area contributed by atoms with Crippen LogP contribution in [0.15, 0.2) is 48.7 Å². The Balaban J connectivity index is 1.16. The average molecular weight is 689 g/mol. The van der Waals surface area contributed by atoms with Crippen LogP contribution >= 0.6 is 11.6 Å². The fourth-order valence-electron chi connectivity index (χ4n) is 9.16. The highest BCUT2D eigenvalue weighted by atomic mass is 35.5. The molecule has 262 valence electrons. The lowest BCUT2D eigenvalue weighted by molar-refractivity contribution is -0.144. The van der Waals surface area contributed by atoms with E-state index in [-0.39, 0.29) is 11.5 Å². The predicted molar refractivity (Wildman–Crippen MR) is 190 cm³/mol. The number of carbonyl (C=O) groups is 1. The standard InChI is InChI=1S/C40H49ClN2O6/c1-25(23-48-34-10-16-42-33-9-4-6-26(2)37(33)34)18-28-19-27-20-36-35(47-17-11-31(49-36)24-46-3)22-32(27)39(28)12-14-40(15-13-39,38(44)45)43-30-8-5-7-29(41)21-30/h5,7-8,10,16,20-22,25-26,28,31,43H,4,6,9,11-15,17-19,23-24H2,1-3H3,(H,44,45)/t25-,26-,28+,31-,39?,40?/m1/s1. The molecule has 2 aromatic carbocycles. The number of methoxy groups -OCH3 is 1. The van der Waals surface area contributed by atoms with Crippen molar-refractivity contribution in [3.8, 4) is 17.2 Å². The molecule has 1 aromatic heterocycles. The van der Waals surface area contributed by atoms with Crippen LogP contribution in [0.4, 0.5) is 5.69 Å². The largest absolute Gasteiger partial charge is 0.493 e. The lowest BCUT2D eigenvalue weighted by Gasteiger charge is -2.47. The van der Waals surface area contributed by atoms with E-state index in [1.807, 2.05) is 24.4 Å². The second-order valence-electron chi connectivity index (χ2n) is 15.0. The summed E-state index contributed by atoms with van der Waals surface area (Å²) in [6, 6.07) is 13.8. The number of nitrogens with zero attached hydrogens (tertiary/aromatic N) is 1. The van der Waals surface area contributed by atoms with Gasteiger partial charge in [-0.2, -0.15) is 0 Å². The summed E-state index contributed by atoms with van der Waals surface area (Å²) in [6.07, 6.45) is 10.3. The maximum atomic E-state index is 13.0. The summed E-state index contributed by atoms with van der Waals surface area (Å²) in [6.45, 7) is 6.27. The van der Waals surface area contributed by atoms with Crippen LogP contribution in [0.1, 0.15) is 93.5 Å². The fourth-order valence-corrected chi connectivity index (χ4v) is 9.35. The van der Waals surface area contributed by atoms with Gasteiger partial charge in [-0.05, 0) is 128 Å². The second kappa shape index (κ2) is 14.0. The van der Waals surface area contributed by atoms with Crippen molar-refractivity contribution in [2.75, 3.05) is 32.2 Å². The third kappa shape index (κ3) is 6.71. The van der Waals surface area contributed by atoms with E-state index in [4.69, 9.17) is 30.5 Å². The molecule has 1 aliphatic heterocycles. The number of pyridine rings is 1. The van der Waals surface area contributed by atoms with Gasteiger partial charge in [0.15, 0.2) is 11.5 Å². The van der Waals surface area contributed by atoms with Gasteiger partial charge in [0.05, 0.1) is 19.8 Å². The molecule has 1 fully saturated rings. The molecule has 1 saturated carbocycles. The molecule has 3 aromatic rings. The van der Waals surface area contributed by atoms with Gasteiger partial charge in [-0.15, -0.1) is 0 Å². The zero-order valence-corrected chi connectivity index (χ0v) is 29.7. The van der Waals surface area contributed by atoms with Gasteiger partial charge in [0, 0.05) is 41.7 Å². The molecule has 0 radical (unpaired) electrons. The number of anilines is 1. The van der Waals surface area contributed by atoms with Gasteiger partial charge in [0.2, 0.25) is 0 Å². The lowest BCUT2D eigenvalue weighted by Crippen LogP contribution is -2.53. The maximum Gasteiger partial charge on any atom is 0.329 e. The molecule has 0 unspecified atom stereocenters. The first-order valence-electron chi connectivity index (χ1n) is 18.0. The summed E-state index contributed by atoms with van der Waals surface area (Å²) in [4.78, 5) is 17.6. The number of benzene rings is 2. The first kappa shape index (κ1) is 34.0. The summed E-state index contributed by atoms with van der Waals surface area (Å²) < 4.78 is 24.7. The summed E-state index contributed by atoms with van der Waals surface area (Å²) >= 11 is 6.28. The molecule has 3 aliphatic carbocycles. The minimum atomic E-state index is -1.08. The predicted octanol–water partition coefficient (Wildman–Crippen LogP) is 8.38. The Morgan fingerprint density at radius 1 is 1.14 bits per heavy atom. The first-order valence-corrected chi connectivity index (χ1v) is 18.4. The monoisotopic (exact) mass is 688 g/mol. The molecule has 0 saturated heterocycles. The first-order chi connectivity index (χ1) is 23.7. The Morgan fingerprint density at radius 2 is 1.98 bits per heavy atom. The van der Waals surface area contributed by atoms with Gasteiger partial charge in [0.25, 0.3) is 0 Å². The Morgan fingerprint density at radius 3 is 2.76 bits per heavy atom. The molecule has 0 amide bonds. The Bertz CT molecular complexity index is 1670. The summed E-state index contributed by atoms with van der Waals surface area (Å²) in [5.41, 5.74) is 4.50. The Hall–Kier alpha value is -3.49. The molecule has 8 nitrogen and oxygen atoms in total. The smallest absolute Gasteiger partial charge is 0.329 e. The van der Waals surface area contributed by atoms with E-state index in [0.717, 1.165) is 61.5 Å². The lowest BCUT2D eigenvalue weighted by atomic mass is 9.59. The maximum absolute atomic E-state index is 13.0. The number of aliphatic carboxylic acids is 1. The van der Waals surface area contributed by atoms with E-state index < -0.39 is 11.5 Å². The molecular formula is C40H49ClN2O6. The van der Waals surface area contributed by atoms with E-state index in [2.05, 4.69) is 36.3 Å². The number of aryl methyl sites for hydroxylation is 1. The number of hydrogen-bond donors (Lipinski definition) is 2. The number of hydrogen-bond acceptors (Lipinski definition) is 7. The van der Waals surface area contributed by atoms with Gasteiger partial charge in [0.1, 0.15) is 17.4 Å². The van der Waals surface area contributed by atoms with E-state index in [9.17, 15) is 9.90 Å². The van der Waals surface area contributed by atoms with Crippen LogP contribution in [0, 0.1) is 11.8 Å². The zero-order valence-electron chi connectivity index (χ0n) is 28.9. The van der Waals surface area contributed by atoms with E-state index >= 15 is 0 Å². The van der Waals surface area contributed by atoms with Gasteiger partial charge in [-0.1, -0.05) is 31.5 Å². The van der Waals surface area contributed by atoms with Crippen molar-refractivity contribution in [3.63, 3.8) is 0 Å². The zero-order chi connectivity index (χ0) is 34.2. The topological polar surface area (TPSA) is 99.1 Å². The molecule has 7 rings (SSSR count). The average Bonchev–Trinajstić information content (AvgIpc) is 3.20. The molecule has 49 heavy (non-hydrogen) atoms. The van der Waals surface area contributed by atoms with Crippen molar-refractivity contribution >= 4 is 23.3 Å². The minimum Gasteiger partial charge on any atom is -0.493 e. The minimum absolute atomic E-state index is 0.0577. The van der Waals surface area contributed by atoms with Crippen LogP contribution in [-0.2, 0) is 27.8 Å². The Labute approximate surface area is 294 Å². The van der Waals surface area contributed by atoms with Crippen LogP contribution in [0.2, 0.25) is 5.02 Å². The summed E-state index contributed by atoms with van der Waals surface area (Å²) in [5.74, 6) is 2.79. The number of carboxylic acid groups (broad SMARTS) is 1. The van der Waals surface area contributed by atoms with Crippen LogP contribution in [-0.4, -0.2) is 54.6 Å². The number of fused-ring (bicyclic) bond motifs is 4. The normalized spacial score (nSPS) is 27.9. The highest BCUT2D eigenvalue weighted by Crippen LogP contribution is 2.58. The third-order valence-electron chi connectivity index (χ3n) is 11.7. The molecular weight excluding hydrogens is 640 g/mol. The summed E-state index contributed by atoms with van der Waals surface area (Å²) in [5, 5.41) is 14.6. The molecule has 2 N–H and O–H groups in total. The van der Waals surface area contributed by atoms with Crippen molar-refractivity contribution in [2.24, 2.45) is 11.8 Å². The number of rotatable bonds is 10. The van der Waals surface area contributed by atoms with Crippen molar-refractivity contribution in [2.45, 2.75) is 101 Å². The SMILES string of the molecule is COC[C@H]1CCOc2cc3c(cc2O1)C[C@H](C[C@@H](C)COc1ccnc2c1[C@H](C)CCC2)C31CCC(Nc2cccc(Cl)c2)(C(=O)O)CC1. The van der Waals surface area contributed by atoms with E-state index in [0.29, 0.717) is 55.4 Å². The van der Waals surface area contributed by atoms with Gasteiger partial charge in [-0.25, -0.2) is 4.79 Å². The van der Waals surface area contributed by atoms with Crippen molar-refractivity contribution < 1.29 is 28.8 Å². The van der Waals surface area contributed by atoms with Gasteiger partial charge >= 0.3 is 5.97 Å². The second-order valence-corrected chi connectivity index (χ2v) is 15.4. The molecule has 4 atom stereocenters. The van der Waals surface area contributed by atoms with Gasteiger partial charge < -0.3 is 29.4 Å². The van der Waals surface area contributed by atoms with E-state index in [1.54, 1.807) is 19.2 Å². The third-order valence-corrected chi connectivity index (χ3v) is 11.9. The van der Waals surface area contributed by atoms with E-state index in [1.165, 1.54) is 35.2 Å². The van der Waals surface area contributed by atoms with Crippen molar-refractivity contribution in [1.29, 1.82) is 0 Å². The molecule has 0 bridgehead atoms. The Kier molecular flexibility index (Phi) is 9.73.